The fraction of sp³-hybridized carbons (Fsp3) is 0.111. The molecule has 1 radical (unpaired) electrons. The lowest BCUT2D eigenvalue weighted by Crippen LogP contribution is -2.09. The van der Waals surface area contributed by atoms with Crippen LogP contribution in [0.3, 0.4) is 0 Å². The third-order valence-electron chi connectivity index (χ3n) is 1.70. The van der Waals surface area contributed by atoms with Gasteiger partial charge in [0.25, 0.3) is 0 Å². The van der Waals surface area contributed by atoms with Gasteiger partial charge in [0.2, 0.25) is 10.0 Å². The molecule has 73 valence electrons. The van der Waals surface area contributed by atoms with Gasteiger partial charge in [0.15, 0.2) is 0 Å². The monoisotopic (exact) mass is 226 g/mol. The molecule has 1 N–H and O–H groups in total. The lowest BCUT2D eigenvalue weighted by molar-refractivity contribution is 0.607. The van der Waals surface area contributed by atoms with Gasteiger partial charge < -0.3 is 0 Å². The third-order valence-corrected chi connectivity index (χ3v) is 3.12. The summed E-state index contributed by atoms with van der Waals surface area (Å²) in [6, 6.07) is 7.29. The largest absolute Gasteiger partial charge is 0.284 e. The molecule has 5 heteroatoms. The molecule has 0 aliphatic rings. The van der Waals surface area contributed by atoms with Crippen molar-refractivity contribution in [1.82, 2.24) is 0 Å². The number of rotatable bonds is 2. The first-order chi connectivity index (χ1) is 6.54. The van der Waals surface area contributed by atoms with Gasteiger partial charge in [-0.25, -0.2) is 8.42 Å². The van der Waals surface area contributed by atoms with Crippen LogP contribution >= 0.6 is 11.3 Å². The molecule has 0 unspecified atom stereocenters. The van der Waals surface area contributed by atoms with Crippen LogP contribution in [-0.4, -0.2) is 14.7 Å². The molecule has 0 aliphatic carbocycles. The Bertz CT molecular complexity index is 557. The van der Waals surface area contributed by atoms with Crippen LogP contribution in [0.2, 0.25) is 0 Å². The number of benzene rings is 1. The molecule has 14 heavy (non-hydrogen) atoms. The molecule has 3 nitrogen and oxygen atoms in total. The minimum Gasteiger partial charge on any atom is -0.284 e. The van der Waals surface area contributed by atoms with Crippen molar-refractivity contribution in [2.45, 2.75) is 0 Å². The number of hydrogen-bond donors (Lipinski definition) is 1. The number of thiophene rings is 1. The van der Waals surface area contributed by atoms with E-state index in [1.165, 1.54) is 11.3 Å². The van der Waals surface area contributed by atoms with Gasteiger partial charge in [-0.05, 0) is 23.6 Å². The predicted octanol–water partition coefficient (Wildman–Crippen LogP) is 2.07. The van der Waals surface area contributed by atoms with E-state index in [1.807, 2.05) is 12.1 Å². The second kappa shape index (κ2) is 3.25. The zero-order chi connectivity index (χ0) is 10.2. The second-order valence-electron chi connectivity index (χ2n) is 2.99. The van der Waals surface area contributed by atoms with E-state index >= 15 is 0 Å². The summed E-state index contributed by atoms with van der Waals surface area (Å²) >= 11 is 1.47. The summed E-state index contributed by atoms with van der Waals surface area (Å²) in [5, 5.41) is 4.07. The van der Waals surface area contributed by atoms with Gasteiger partial charge in [0, 0.05) is 15.8 Å². The summed E-state index contributed by atoms with van der Waals surface area (Å²) in [4.78, 5) is 0. The molecule has 0 aliphatic heterocycles. The first-order valence-corrected chi connectivity index (χ1v) is 6.63. The standard InChI is InChI=1S/C9H8NO2S2/c1-14(11,12)10-8-3-2-7-4-5-13-9(7)6-8/h2-4,6,10H,1H3. The first kappa shape index (κ1) is 9.48. The molecule has 0 saturated heterocycles. The molecule has 2 rings (SSSR count). The van der Waals surface area contributed by atoms with Crippen molar-refractivity contribution in [3.63, 3.8) is 0 Å². The minimum atomic E-state index is -3.18. The smallest absolute Gasteiger partial charge is 0.229 e. The lowest BCUT2D eigenvalue weighted by atomic mass is 10.2. The SMILES string of the molecule is CS(=O)(=O)Nc1ccc2c[c]sc2c1. The molecule has 0 amide bonds. The van der Waals surface area contributed by atoms with Crippen molar-refractivity contribution in [3.05, 3.63) is 29.6 Å². The molecular formula is C9H8NO2S2. The van der Waals surface area contributed by atoms with Crippen molar-refractivity contribution in [3.8, 4) is 0 Å². The highest BCUT2D eigenvalue weighted by Crippen LogP contribution is 2.23. The Morgan fingerprint density at radius 3 is 2.93 bits per heavy atom. The van der Waals surface area contributed by atoms with Gasteiger partial charge >= 0.3 is 0 Å². The van der Waals surface area contributed by atoms with Gasteiger partial charge in [-0.3, -0.25) is 4.72 Å². The van der Waals surface area contributed by atoms with Gasteiger partial charge in [0.05, 0.1) is 6.26 Å². The van der Waals surface area contributed by atoms with Crippen LogP contribution in [0.4, 0.5) is 5.69 Å². The van der Waals surface area contributed by atoms with E-state index in [1.54, 1.807) is 12.1 Å². The van der Waals surface area contributed by atoms with E-state index in [9.17, 15) is 8.42 Å². The van der Waals surface area contributed by atoms with Gasteiger partial charge in [0.1, 0.15) is 0 Å². The Hall–Kier alpha value is -1.07. The normalized spacial score (nSPS) is 11.8. The van der Waals surface area contributed by atoms with Crippen LogP contribution < -0.4 is 4.72 Å². The van der Waals surface area contributed by atoms with Crippen LogP contribution in [0.5, 0.6) is 0 Å². The van der Waals surface area contributed by atoms with Crippen LogP contribution in [-0.2, 0) is 10.0 Å². The summed E-state index contributed by atoms with van der Waals surface area (Å²) in [5.74, 6) is 0. The summed E-state index contributed by atoms with van der Waals surface area (Å²) in [7, 11) is -3.18. The molecule has 2 aromatic rings. The molecule has 0 bridgehead atoms. The van der Waals surface area contributed by atoms with Crippen LogP contribution in [0, 0.1) is 5.38 Å². The second-order valence-corrected chi connectivity index (χ2v) is 5.62. The summed E-state index contributed by atoms with van der Waals surface area (Å²) in [6.07, 6.45) is 1.14. The molecule has 0 atom stereocenters. The zero-order valence-corrected chi connectivity index (χ0v) is 9.08. The Morgan fingerprint density at radius 2 is 2.21 bits per heavy atom. The number of hydrogen-bond acceptors (Lipinski definition) is 3. The Labute approximate surface area is 86.4 Å². The Morgan fingerprint density at radius 1 is 1.43 bits per heavy atom. The maximum absolute atomic E-state index is 11.0. The predicted molar refractivity (Wildman–Crippen MR) is 59.1 cm³/mol. The average Bonchev–Trinajstić information content (AvgIpc) is 2.47. The van der Waals surface area contributed by atoms with Crippen molar-refractivity contribution in [2.24, 2.45) is 0 Å². The fourth-order valence-corrected chi connectivity index (χ4v) is 2.47. The van der Waals surface area contributed by atoms with E-state index < -0.39 is 10.0 Å². The highest BCUT2D eigenvalue weighted by molar-refractivity contribution is 7.92. The Kier molecular flexibility index (Phi) is 2.20. The maximum Gasteiger partial charge on any atom is 0.229 e. The van der Waals surface area contributed by atoms with Gasteiger partial charge in [-0.2, -0.15) is 0 Å². The van der Waals surface area contributed by atoms with E-state index in [4.69, 9.17) is 0 Å². The number of anilines is 1. The maximum atomic E-state index is 11.0. The third kappa shape index (κ3) is 2.05. The molecule has 1 aromatic carbocycles. The number of nitrogens with one attached hydrogen (secondary N) is 1. The Balaban J connectivity index is 2.44. The summed E-state index contributed by atoms with van der Waals surface area (Å²) in [6.45, 7) is 0. The lowest BCUT2D eigenvalue weighted by Gasteiger charge is -2.02. The van der Waals surface area contributed by atoms with E-state index in [2.05, 4.69) is 10.1 Å². The van der Waals surface area contributed by atoms with Crippen molar-refractivity contribution < 1.29 is 8.42 Å². The van der Waals surface area contributed by atoms with Crippen molar-refractivity contribution in [1.29, 1.82) is 0 Å². The number of fused-ring (bicyclic) bond motifs is 1. The average molecular weight is 226 g/mol. The summed E-state index contributed by atoms with van der Waals surface area (Å²) in [5.41, 5.74) is 0.593. The minimum absolute atomic E-state index is 0.593. The van der Waals surface area contributed by atoms with E-state index in [0.29, 0.717) is 5.69 Å². The van der Waals surface area contributed by atoms with Gasteiger partial charge in [-0.15, -0.1) is 11.3 Å². The molecule has 1 aromatic heterocycles. The van der Waals surface area contributed by atoms with Crippen molar-refractivity contribution >= 4 is 37.1 Å². The molecular weight excluding hydrogens is 218 g/mol. The van der Waals surface area contributed by atoms with Gasteiger partial charge in [-0.1, -0.05) is 6.07 Å². The van der Waals surface area contributed by atoms with Crippen LogP contribution in [0.15, 0.2) is 24.3 Å². The van der Waals surface area contributed by atoms with E-state index in [-0.39, 0.29) is 0 Å². The molecule has 0 saturated carbocycles. The van der Waals surface area contributed by atoms with E-state index in [0.717, 1.165) is 16.3 Å². The highest BCUT2D eigenvalue weighted by Gasteiger charge is 2.02. The summed E-state index contributed by atoms with van der Waals surface area (Å²) < 4.78 is 25.4. The topological polar surface area (TPSA) is 46.2 Å². The molecule has 0 fully saturated rings. The first-order valence-electron chi connectivity index (χ1n) is 3.92. The quantitative estimate of drug-likeness (QED) is 0.852. The number of sulfonamides is 1. The van der Waals surface area contributed by atoms with Crippen LogP contribution in [0.25, 0.3) is 10.1 Å². The van der Waals surface area contributed by atoms with Crippen LogP contribution in [0.1, 0.15) is 0 Å². The van der Waals surface area contributed by atoms with Crippen molar-refractivity contribution in [2.75, 3.05) is 11.0 Å². The molecule has 0 spiro atoms. The molecule has 1 heterocycles. The highest BCUT2D eigenvalue weighted by atomic mass is 32.2. The fourth-order valence-electron chi connectivity index (χ4n) is 1.18. The zero-order valence-electron chi connectivity index (χ0n) is 7.44.